The Morgan fingerprint density at radius 2 is 1.84 bits per heavy atom. The first-order chi connectivity index (χ1) is 15.5. The fourth-order valence-corrected chi connectivity index (χ4v) is 4.05. The molecule has 0 radical (unpaired) electrons. The van der Waals surface area contributed by atoms with E-state index >= 15 is 0 Å². The maximum absolute atomic E-state index is 13.1. The van der Waals surface area contributed by atoms with Gasteiger partial charge in [0.1, 0.15) is 5.76 Å². The van der Waals surface area contributed by atoms with Crippen molar-refractivity contribution >= 4 is 57.6 Å². The topological polar surface area (TPSA) is 99.2 Å². The predicted octanol–water partition coefficient (Wildman–Crippen LogP) is 4.89. The fraction of sp³-hybridized carbons (Fsp3) is 0.0435. The number of benzene rings is 2. The van der Waals surface area contributed by atoms with Crippen molar-refractivity contribution in [1.29, 1.82) is 0 Å². The molecule has 0 aliphatic carbocycles. The zero-order valence-corrected chi connectivity index (χ0v) is 17.8. The minimum Gasteiger partial charge on any atom is -0.507 e. The van der Waals surface area contributed by atoms with Crippen molar-refractivity contribution in [3.8, 4) is 0 Å². The van der Waals surface area contributed by atoms with Gasteiger partial charge >= 0.3 is 5.91 Å². The highest BCUT2D eigenvalue weighted by Gasteiger charge is 2.48. The lowest BCUT2D eigenvalue weighted by atomic mass is 9.96. The highest BCUT2D eigenvalue weighted by Crippen LogP contribution is 2.41. The van der Waals surface area contributed by atoms with E-state index in [0.29, 0.717) is 21.6 Å². The number of Topliss-reactive ketones (excluding diaryl/α,β-unsaturated/α-hetero) is 1. The number of H-pyrrole nitrogens is 1. The Bertz CT molecular complexity index is 1380. The maximum Gasteiger partial charge on any atom is 0.302 e. The van der Waals surface area contributed by atoms with Gasteiger partial charge in [-0.05, 0) is 42.0 Å². The third kappa shape index (κ3) is 3.23. The summed E-state index contributed by atoms with van der Waals surface area (Å²) in [5, 5.41) is 11.6. The third-order valence-electron chi connectivity index (χ3n) is 5.24. The molecule has 1 atom stereocenters. The highest BCUT2D eigenvalue weighted by molar-refractivity contribution is 6.51. The average molecular weight is 465 g/mol. The number of para-hydroxylation sites is 2. The molecule has 3 heterocycles. The minimum atomic E-state index is -0.946. The number of fused-ring (bicyclic) bond motifs is 1. The summed E-state index contributed by atoms with van der Waals surface area (Å²) in [5.41, 5.74) is 2.05. The standard InChI is InChI=1S/C23H14Cl2N4O3/c24-14-8-7-12(10-15(14)25)20(30)18-19(13-4-3-9-26-11-13)29(22(32)21(18)31)23-27-16-5-1-2-6-17(16)28-23/h1-11,19,30H,(H,27,28)/b20-18+. The first-order valence-electron chi connectivity index (χ1n) is 9.57. The van der Waals surface area contributed by atoms with E-state index in [9.17, 15) is 14.7 Å². The zero-order valence-electron chi connectivity index (χ0n) is 16.3. The second-order valence-corrected chi connectivity index (χ2v) is 7.98. The molecule has 2 aromatic carbocycles. The lowest BCUT2D eigenvalue weighted by Crippen LogP contribution is -2.30. The number of hydrogen-bond donors (Lipinski definition) is 2. The summed E-state index contributed by atoms with van der Waals surface area (Å²) >= 11 is 12.1. The number of ketones is 1. The van der Waals surface area contributed by atoms with Crippen LogP contribution in [0.2, 0.25) is 10.0 Å². The van der Waals surface area contributed by atoms with Crippen LogP contribution < -0.4 is 4.90 Å². The molecule has 32 heavy (non-hydrogen) atoms. The zero-order chi connectivity index (χ0) is 22.4. The van der Waals surface area contributed by atoms with Crippen molar-refractivity contribution in [2.75, 3.05) is 4.90 Å². The van der Waals surface area contributed by atoms with Gasteiger partial charge in [0.2, 0.25) is 5.95 Å². The van der Waals surface area contributed by atoms with Crippen LogP contribution in [0.15, 0.2) is 72.6 Å². The monoisotopic (exact) mass is 464 g/mol. The number of carbonyl (C=O) groups is 2. The second kappa shape index (κ2) is 7.78. The Balaban J connectivity index is 1.73. The summed E-state index contributed by atoms with van der Waals surface area (Å²) < 4.78 is 0. The molecule has 0 spiro atoms. The third-order valence-corrected chi connectivity index (χ3v) is 5.98. The number of aliphatic hydroxyl groups excluding tert-OH is 1. The predicted molar refractivity (Wildman–Crippen MR) is 122 cm³/mol. The lowest BCUT2D eigenvalue weighted by Gasteiger charge is -2.22. The molecule has 1 fully saturated rings. The van der Waals surface area contributed by atoms with Crippen LogP contribution in [0, 0.1) is 0 Å². The molecule has 9 heteroatoms. The molecule has 1 unspecified atom stereocenters. The quantitative estimate of drug-likeness (QED) is 0.255. The van der Waals surface area contributed by atoms with Gasteiger partial charge in [-0.1, -0.05) is 41.4 Å². The number of aromatic amines is 1. The molecule has 0 bridgehead atoms. The molecule has 0 saturated carbocycles. The molecular formula is C23H14Cl2N4O3. The molecule has 1 saturated heterocycles. The molecule has 1 aliphatic rings. The summed E-state index contributed by atoms with van der Waals surface area (Å²) in [6, 6.07) is 14.2. The molecule has 2 aromatic heterocycles. The van der Waals surface area contributed by atoms with Gasteiger partial charge < -0.3 is 10.1 Å². The molecule has 7 nitrogen and oxygen atoms in total. The van der Waals surface area contributed by atoms with E-state index in [-0.39, 0.29) is 27.9 Å². The van der Waals surface area contributed by atoms with Gasteiger partial charge in [-0.2, -0.15) is 0 Å². The minimum absolute atomic E-state index is 0.0955. The summed E-state index contributed by atoms with van der Waals surface area (Å²) in [5.74, 6) is -1.84. The van der Waals surface area contributed by atoms with Crippen molar-refractivity contribution in [2.45, 2.75) is 6.04 Å². The van der Waals surface area contributed by atoms with Crippen LogP contribution in [0.1, 0.15) is 17.2 Å². The first-order valence-corrected chi connectivity index (χ1v) is 10.3. The number of imidazole rings is 1. The number of pyridine rings is 1. The van der Waals surface area contributed by atoms with Gasteiger partial charge in [0, 0.05) is 18.0 Å². The summed E-state index contributed by atoms with van der Waals surface area (Å²) in [4.78, 5) is 39.2. The molecule has 2 N–H and O–H groups in total. The van der Waals surface area contributed by atoms with Crippen LogP contribution in [0.4, 0.5) is 5.95 Å². The average Bonchev–Trinajstić information content (AvgIpc) is 3.34. The number of aromatic nitrogens is 3. The van der Waals surface area contributed by atoms with Crippen LogP contribution in [-0.4, -0.2) is 31.7 Å². The Morgan fingerprint density at radius 1 is 1.03 bits per heavy atom. The number of amides is 1. The molecule has 4 aromatic rings. The Labute approximate surface area is 191 Å². The van der Waals surface area contributed by atoms with Crippen molar-refractivity contribution < 1.29 is 14.7 Å². The number of halogens is 2. The van der Waals surface area contributed by atoms with Crippen LogP contribution in [0.3, 0.4) is 0 Å². The van der Waals surface area contributed by atoms with Crippen LogP contribution in [0.25, 0.3) is 16.8 Å². The second-order valence-electron chi connectivity index (χ2n) is 7.16. The van der Waals surface area contributed by atoms with Gasteiger partial charge in [0.05, 0.1) is 32.7 Å². The summed E-state index contributed by atoms with van der Waals surface area (Å²) in [6.07, 6.45) is 3.12. The number of nitrogens with zero attached hydrogens (tertiary/aromatic N) is 3. The van der Waals surface area contributed by atoms with E-state index < -0.39 is 17.7 Å². The van der Waals surface area contributed by atoms with Gasteiger partial charge in [-0.3, -0.25) is 19.5 Å². The smallest absolute Gasteiger partial charge is 0.302 e. The number of nitrogens with one attached hydrogen (secondary N) is 1. The molecule has 1 aliphatic heterocycles. The van der Waals surface area contributed by atoms with E-state index in [2.05, 4.69) is 15.0 Å². The van der Waals surface area contributed by atoms with Crippen LogP contribution >= 0.6 is 23.2 Å². The Hall–Kier alpha value is -3.68. The Morgan fingerprint density at radius 3 is 2.56 bits per heavy atom. The van der Waals surface area contributed by atoms with Crippen molar-refractivity contribution in [3.05, 3.63) is 93.7 Å². The van der Waals surface area contributed by atoms with E-state index in [1.165, 1.54) is 29.3 Å². The summed E-state index contributed by atoms with van der Waals surface area (Å²) in [6.45, 7) is 0. The largest absolute Gasteiger partial charge is 0.507 e. The van der Waals surface area contributed by atoms with Gasteiger partial charge in [0.25, 0.3) is 5.78 Å². The van der Waals surface area contributed by atoms with Crippen LogP contribution in [0.5, 0.6) is 0 Å². The SMILES string of the molecule is O=C1C(=O)N(c2nc3ccccc3[nH]2)C(c2cccnc2)/C1=C(\O)c1ccc(Cl)c(Cl)c1. The van der Waals surface area contributed by atoms with Crippen LogP contribution in [-0.2, 0) is 9.59 Å². The van der Waals surface area contributed by atoms with E-state index in [1.807, 2.05) is 18.2 Å². The maximum atomic E-state index is 13.1. The fourth-order valence-electron chi connectivity index (χ4n) is 3.76. The first kappa shape index (κ1) is 20.2. The van der Waals surface area contributed by atoms with Gasteiger partial charge in [-0.15, -0.1) is 0 Å². The molecular weight excluding hydrogens is 451 g/mol. The van der Waals surface area contributed by atoms with Crippen molar-refractivity contribution in [2.24, 2.45) is 0 Å². The summed E-state index contributed by atoms with van der Waals surface area (Å²) in [7, 11) is 0. The van der Waals surface area contributed by atoms with E-state index in [0.717, 1.165) is 0 Å². The number of aliphatic hydroxyl groups is 1. The highest BCUT2D eigenvalue weighted by atomic mass is 35.5. The molecule has 158 valence electrons. The molecule has 1 amide bonds. The normalized spacial score (nSPS) is 17.9. The van der Waals surface area contributed by atoms with Gasteiger partial charge in [0.15, 0.2) is 0 Å². The number of rotatable bonds is 3. The van der Waals surface area contributed by atoms with Crippen molar-refractivity contribution in [3.63, 3.8) is 0 Å². The van der Waals surface area contributed by atoms with E-state index in [4.69, 9.17) is 23.2 Å². The number of carbonyl (C=O) groups excluding carboxylic acids is 2. The lowest BCUT2D eigenvalue weighted by molar-refractivity contribution is -0.132. The van der Waals surface area contributed by atoms with Crippen molar-refractivity contribution in [1.82, 2.24) is 15.0 Å². The number of anilines is 1. The molecule has 5 rings (SSSR count). The van der Waals surface area contributed by atoms with E-state index in [1.54, 1.807) is 24.4 Å². The number of hydrogen-bond acceptors (Lipinski definition) is 5. The Kier molecular flexibility index (Phi) is 4.92. The van der Waals surface area contributed by atoms with Gasteiger partial charge in [-0.25, -0.2) is 4.98 Å².